The molecule has 3 N–H and O–H groups in total. The number of rotatable bonds is 5. The summed E-state index contributed by atoms with van der Waals surface area (Å²) in [5.41, 5.74) is 4.88. The number of fused-ring (bicyclic) bond motifs is 2. The molecule has 0 unspecified atom stereocenters. The molecular weight excluding hydrogens is 430 g/mol. The highest BCUT2D eigenvalue weighted by atomic mass is 16.5. The quantitative estimate of drug-likeness (QED) is 0.372. The summed E-state index contributed by atoms with van der Waals surface area (Å²) in [6.45, 7) is 1.38. The zero-order valence-corrected chi connectivity index (χ0v) is 18.4. The molecule has 2 aromatic carbocycles. The number of imidazole rings is 1. The Kier molecular flexibility index (Phi) is 5.15. The molecule has 1 amide bonds. The van der Waals surface area contributed by atoms with Gasteiger partial charge in [0.25, 0.3) is 5.91 Å². The number of ether oxygens (including phenoxy) is 1. The maximum Gasteiger partial charge on any atom is 0.251 e. The Hall–Kier alpha value is -4.24. The minimum Gasteiger partial charge on any atom is -0.381 e. The number of nitrogens with zero attached hydrogens (tertiary/aromatic N) is 4. The van der Waals surface area contributed by atoms with E-state index in [1.165, 1.54) is 0 Å². The molecule has 4 heterocycles. The van der Waals surface area contributed by atoms with Crippen LogP contribution in [0, 0.1) is 0 Å². The molecule has 1 aliphatic rings. The molecule has 3 aromatic heterocycles. The SMILES string of the molecule is O=C(NC1CCOCC1)c1ccc(Nc2nc(-c3ccc4cn[nH]c4c3)cn3ccnc23)cc1. The van der Waals surface area contributed by atoms with Crippen molar-refractivity contribution >= 4 is 34.0 Å². The van der Waals surface area contributed by atoms with E-state index in [2.05, 4.69) is 25.8 Å². The highest BCUT2D eigenvalue weighted by Crippen LogP contribution is 2.26. The van der Waals surface area contributed by atoms with Crippen LogP contribution >= 0.6 is 0 Å². The van der Waals surface area contributed by atoms with Crippen molar-refractivity contribution in [2.75, 3.05) is 18.5 Å². The summed E-state index contributed by atoms with van der Waals surface area (Å²) in [4.78, 5) is 21.9. The minimum atomic E-state index is -0.0663. The molecule has 6 rings (SSSR count). The summed E-state index contributed by atoms with van der Waals surface area (Å²) < 4.78 is 7.30. The average molecular weight is 454 g/mol. The Morgan fingerprint density at radius 1 is 1.12 bits per heavy atom. The first kappa shape index (κ1) is 20.4. The van der Waals surface area contributed by atoms with Crippen LogP contribution in [0.3, 0.4) is 0 Å². The molecule has 9 nitrogen and oxygen atoms in total. The molecule has 34 heavy (non-hydrogen) atoms. The van der Waals surface area contributed by atoms with Gasteiger partial charge in [-0.1, -0.05) is 12.1 Å². The fraction of sp³-hybridized carbons (Fsp3) is 0.200. The normalized spacial score (nSPS) is 14.5. The zero-order chi connectivity index (χ0) is 22.9. The van der Waals surface area contributed by atoms with E-state index in [0.29, 0.717) is 30.2 Å². The Morgan fingerprint density at radius 2 is 1.97 bits per heavy atom. The standard InChI is InChI=1S/C25H23N7O2/c33-25(29-20-7-11-34-12-8-20)16-3-5-19(6-4-16)28-23-24-26-9-10-32(24)15-22(30-23)17-1-2-18-14-27-31-21(18)13-17/h1-6,9-10,13-15,20H,7-8,11-12H2,(H,27,31)(H,28,30)(H,29,33). The number of aromatic amines is 1. The van der Waals surface area contributed by atoms with Gasteiger partial charge in [-0.05, 0) is 43.2 Å². The lowest BCUT2D eigenvalue weighted by molar-refractivity contribution is 0.0696. The number of anilines is 2. The van der Waals surface area contributed by atoms with Crippen molar-refractivity contribution in [3.05, 3.63) is 72.8 Å². The molecule has 0 radical (unpaired) electrons. The third-order valence-electron chi connectivity index (χ3n) is 6.08. The second kappa shape index (κ2) is 8.60. The maximum atomic E-state index is 12.6. The second-order valence-electron chi connectivity index (χ2n) is 8.37. The van der Waals surface area contributed by atoms with Crippen molar-refractivity contribution in [3.8, 4) is 11.3 Å². The molecule has 0 atom stereocenters. The van der Waals surface area contributed by atoms with Gasteiger partial charge in [-0.3, -0.25) is 9.89 Å². The number of aromatic nitrogens is 5. The van der Waals surface area contributed by atoms with Crippen LogP contribution in [-0.4, -0.2) is 49.7 Å². The van der Waals surface area contributed by atoms with Gasteiger partial charge >= 0.3 is 0 Å². The second-order valence-corrected chi connectivity index (χ2v) is 8.37. The van der Waals surface area contributed by atoms with Gasteiger partial charge in [0.15, 0.2) is 11.5 Å². The minimum absolute atomic E-state index is 0.0663. The summed E-state index contributed by atoms with van der Waals surface area (Å²) in [6, 6.07) is 13.6. The third kappa shape index (κ3) is 3.97. The van der Waals surface area contributed by atoms with Crippen LogP contribution in [0.1, 0.15) is 23.2 Å². The van der Waals surface area contributed by atoms with Crippen LogP contribution in [0.5, 0.6) is 0 Å². The number of nitrogens with one attached hydrogen (secondary N) is 3. The van der Waals surface area contributed by atoms with E-state index in [1.807, 2.05) is 59.3 Å². The number of amides is 1. The smallest absolute Gasteiger partial charge is 0.251 e. The average Bonchev–Trinajstić information content (AvgIpc) is 3.54. The summed E-state index contributed by atoms with van der Waals surface area (Å²) in [6.07, 6.45) is 9.08. The maximum absolute atomic E-state index is 12.6. The molecule has 1 fully saturated rings. The van der Waals surface area contributed by atoms with Crippen LogP contribution in [0.4, 0.5) is 11.5 Å². The molecule has 170 valence electrons. The summed E-state index contributed by atoms with van der Waals surface area (Å²) in [7, 11) is 0. The Morgan fingerprint density at radius 3 is 2.82 bits per heavy atom. The van der Waals surface area contributed by atoms with Crippen molar-refractivity contribution in [2.24, 2.45) is 0 Å². The number of carbonyl (C=O) groups excluding carboxylic acids is 1. The van der Waals surface area contributed by atoms with Crippen LogP contribution in [0.25, 0.3) is 27.8 Å². The van der Waals surface area contributed by atoms with E-state index in [-0.39, 0.29) is 11.9 Å². The largest absolute Gasteiger partial charge is 0.381 e. The lowest BCUT2D eigenvalue weighted by Gasteiger charge is -2.23. The van der Waals surface area contributed by atoms with Gasteiger partial charge < -0.3 is 19.8 Å². The first-order chi connectivity index (χ1) is 16.7. The molecular formula is C25H23N7O2. The Labute approximate surface area is 195 Å². The molecule has 1 saturated heterocycles. The summed E-state index contributed by atoms with van der Waals surface area (Å²) in [5, 5.41) is 14.6. The lowest BCUT2D eigenvalue weighted by atomic mass is 10.1. The van der Waals surface area contributed by atoms with Crippen molar-refractivity contribution in [1.82, 2.24) is 29.9 Å². The van der Waals surface area contributed by atoms with Crippen molar-refractivity contribution in [2.45, 2.75) is 18.9 Å². The first-order valence-electron chi connectivity index (χ1n) is 11.3. The predicted octanol–water partition coefficient (Wildman–Crippen LogP) is 3.93. The van der Waals surface area contributed by atoms with E-state index in [4.69, 9.17) is 9.72 Å². The first-order valence-corrected chi connectivity index (χ1v) is 11.3. The van der Waals surface area contributed by atoms with Gasteiger partial charge in [0.2, 0.25) is 0 Å². The molecule has 0 spiro atoms. The highest BCUT2D eigenvalue weighted by Gasteiger charge is 2.17. The Balaban J connectivity index is 1.25. The van der Waals surface area contributed by atoms with Gasteiger partial charge in [0, 0.05) is 60.0 Å². The van der Waals surface area contributed by atoms with Crippen LogP contribution in [-0.2, 0) is 4.74 Å². The van der Waals surface area contributed by atoms with Gasteiger partial charge in [0.1, 0.15) is 0 Å². The van der Waals surface area contributed by atoms with Gasteiger partial charge in [-0.25, -0.2) is 9.97 Å². The lowest BCUT2D eigenvalue weighted by Crippen LogP contribution is -2.38. The monoisotopic (exact) mass is 453 g/mol. The van der Waals surface area contributed by atoms with Crippen LogP contribution in [0.15, 0.2) is 67.3 Å². The summed E-state index contributed by atoms with van der Waals surface area (Å²) in [5.74, 6) is 0.565. The van der Waals surface area contributed by atoms with Gasteiger partial charge in [-0.15, -0.1) is 0 Å². The van der Waals surface area contributed by atoms with E-state index >= 15 is 0 Å². The van der Waals surface area contributed by atoms with Crippen molar-refractivity contribution < 1.29 is 9.53 Å². The zero-order valence-electron chi connectivity index (χ0n) is 18.4. The number of hydrogen-bond acceptors (Lipinski definition) is 6. The Bertz CT molecular complexity index is 1470. The number of carbonyl (C=O) groups is 1. The van der Waals surface area contributed by atoms with Gasteiger partial charge in [0.05, 0.1) is 17.4 Å². The number of benzene rings is 2. The number of hydrogen-bond donors (Lipinski definition) is 3. The van der Waals surface area contributed by atoms with Crippen molar-refractivity contribution in [3.63, 3.8) is 0 Å². The third-order valence-corrected chi connectivity index (χ3v) is 6.08. The molecule has 0 bridgehead atoms. The van der Waals surface area contributed by atoms with E-state index < -0.39 is 0 Å². The van der Waals surface area contributed by atoms with E-state index in [9.17, 15) is 4.79 Å². The fourth-order valence-corrected chi connectivity index (χ4v) is 4.20. The highest BCUT2D eigenvalue weighted by molar-refractivity contribution is 5.95. The molecule has 9 heteroatoms. The van der Waals surface area contributed by atoms with Crippen LogP contribution in [0.2, 0.25) is 0 Å². The number of H-pyrrole nitrogens is 1. The fourth-order valence-electron chi connectivity index (χ4n) is 4.20. The molecule has 1 aliphatic heterocycles. The van der Waals surface area contributed by atoms with Gasteiger partial charge in [-0.2, -0.15) is 5.10 Å². The molecule has 0 aliphatic carbocycles. The van der Waals surface area contributed by atoms with E-state index in [0.717, 1.165) is 40.7 Å². The molecule has 5 aromatic rings. The van der Waals surface area contributed by atoms with E-state index in [1.54, 1.807) is 12.4 Å². The topological polar surface area (TPSA) is 109 Å². The van der Waals surface area contributed by atoms with Crippen LogP contribution < -0.4 is 10.6 Å². The molecule has 0 saturated carbocycles. The predicted molar refractivity (Wildman–Crippen MR) is 129 cm³/mol. The van der Waals surface area contributed by atoms with Crippen molar-refractivity contribution in [1.29, 1.82) is 0 Å². The summed E-state index contributed by atoms with van der Waals surface area (Å²) >= 11 is 0.